The Hall–Kier alpha value is -0.710. The number of hydrogen-bond acceptors (Lipinski definition) is 2. The molecule has 1 aromatic carbocycles. The van der Waals surface area contributed by atoms with Gasteiger partial charge in [0.2, 0.25) is 0 Å². The summed E-state index contributed by atoms with van der Waals surface area (Å²) in [5, 5.41) is 5.96. The lowest BCUT2D eigenvalue weighted by atomic mass is 10.2. The molecule has 0 aliphatic heterocycles. The number of ether oxygens (including phenoxy) is 1. The van der Waals surface area contributed by atoms with E-state index in [0.29, 0.717) is 27.7 Å². The fourth-order valence-corrected chi connectivity index (χ4v) is 2.69. The molecule has 2 aromatic rings. The minimum Gasteiger partial charge on any atom is -0.487 e. The summed E-state index contributed by atoms with van der Waals surface area (Å²) in [6, 6.07) is 3.52. The second-order valence-electron chi connectivity index (χ2n) is 4.00. The molecule has 0 spiro atoms. The van der Waals surface area contributed by atoms with Gasteiger partial charge in [0.05, 0.1) is 11.2 Å². The van der Waals surface area contributed by atoms with Crippen molar-refractivity contribution in [1.29, 1.82) is 0 Å². The summed E-state index contributed by atoms with van der Waals surface area (Å²) in [5.41, 5.74) is 1.94. The molecule has 0 atom stereocenters. The second kappa shape index (κ2) is 6.64. The minimum atomic E-state index is 0.432. The van der Waals surface area contributed by atoms with Gasteiger partial charge in [-0.05, 0) is 19.1 Å². The third kappa shape index (κ3) is 3.65. The van der Waals surface area contributed by atoms with E-state index >= 15 is 0 Å². The standard InChI is InChI=1S/C13H13BrCl2N2O/c1-2-18-7-9(6-17-18)8-19-13-10(5-14)3-11(15)4-12(13)16/h3-4,6-7H,2,5,8H2,1H3. The average Bonchev–Trinajstić information content (AvgIpc) is 2.84. The van der Waals surface area contributed by atoms with E-state index in [0.717, 1.165) is 17.7 Å². The summed E-state index contributed by atoms with van der Waals surface area (Å²) in [6.07, 6.45) is 3.75. The number of nitrogens with zero attached hydrogens (tertiary/aromatic N) is 2. The van der Waals surface area contributed by atoms with Crippen LogP contribution in [0, 0.1) is 0 Å². The molecule has 0 aliphatic carbocycles. The molecule has 0 aliphatic rings. The summed E-state index contributed by atoms with van der Waals surface area (Å²) < 4.78 is 7.64. The Morgan fingerprint density at radius 3 is 2.79 bits per heavy atom. The van der Waals surface area contributed by atoms with Gasteiger partial charge in [0.15, 0.2) is 0 Å². The predicted molar refractivity (Wildman–Crippen MR) is 81.3 cm³/mol. The minimum absolute atomic E-state index is 0.432. The van der Waals surface area contributed by atoms with E-state index in [-0.39, 0.29) is 0 Å². The number of alkyl halides is 1. The van der Waals surface area contributed by atoms with Gasteiger partial charge in [-0.25, -0.2) is 0 Å². The van der Waals surface area contributed by atoms with E-state index in [1.807, 2.05) is 23.9 Å². The van der Waals surface area contributed by atoms with Crippen molar-refractivity contribution in [2.24, 2.45) is 0 Å². The molecule has 1 heterocycles. The Kier molecular flexibility index (Phi) is 5.13. The monoisotopic (exact) mass is 362 g/mol. The molecule has 0 saturated heterocycles. The molecule has 19 heavy (non-hydrogen) atoms. The Morgan fingerprint density at radius 2 is 2.16 bits per heavy atom. The Bertz CT molecular complexity index is 572. The number of rotatable bonds is 5. The maximum atomic E-state index is 6.16. The van der Waals surface area contributed by atoms with Crippen LogP contribution in [0.15, 0.2) is 24.5 Å². The van der Waals surface area contributed by atoms with E-state index < -0.39 is 0 Å². The molecule has 0 unspecified atom stereocenters. The van der Waals surface area contributed by atoms with Crippen LogP contribution in [-0.2, 0) is 18.5 Å². The summed E-state index contributed by atoms with van der Waals surface area (Å²) >= 11 is 15.5. The number of aryl methyl sites for hydroxylation is 1. The van der Waals surface area contributed by atoms with Gasteiger partial charge in [-0.15, -0.1) is 0 Å². The molecule has 0 fully saturated rings. The smallest absolute Gasteiger partial charge is 0.142 e. The summed E-state index contributed by atoms with van der Waals surface area (Å²) in [7, 11) is 0. The number of benzene rings is 1. The van der Waals surface area contributed by atoms with Crippen molar-refractivity contribution >= 4 is 39.1 Å². The van der Waals surface area contributed by atoms with Crippen molar-refractivity contribution in [3.63, 3.8) is 0 Å². The van der Waals surface area contributed by atoms with E-state index in [4.69, 9.17) is 27.9 Å². The van der Waals surface area contributed by atoms with E-state index in [9.17, 15) is 0 Å². The Morgan fingerprint density at radius 1 is 1.37 bits per heavy atom. The van der Waals surface area contributed by atoms with Crippen molar-refractivity contribution in [1.82, 2.24) is 9.78 Å². The van der Waals surface area contributed by atoms with Gasteiger partial charge in [-0.3, -0.25) is 4.68 Å². The summed E-state index contributed by atoms with van der Waals surface area (Å²) in [6.45, 7) is 3.31. The molecule has 0 bridgehead atoms. The molecule has 6 heteroatoms. The zero-order valence-corrected chi connectivity index (χ0v) is 13.5. The van der Waals surface area contributed by atoms with Gasteiger partial charge >= 0.3 is 0 Å². The number of aromatic nitrogens is 2. The molecule has 0 radical (unpaired) electrons. The predicted octanol–water partition coefficient (Wildman–Crippen LogP) is 4.68. The zero-order chi connectivity index (χ0) is 13.8. The molecule has 2 rings (SSSR count). The maximum Gasteiger partial charge on any atom is 0.142 e. The van der Waals surface area contributed by atoms with Crippen molar-refractivity contribution in [3.8, 4) is 5.75 Å². The molecule has 0 saturated carbocycles. The molecule has 1 aromatic heterocycles. The molecule has 0 N–H and O–H groups in total. The van der Waals surface area contributed by atoms with Crippen LogP contribution < -0.4 is 4.74 Å². The van der Waals surface area contributed by atoms with Crippen molar-refractivity contribution in [3.05, 3.63) is 45.7 Å². The highest BCUT2D eigenvalue weighted by atomic mass is 79.9. The normalized spacial score (nSPS) is 10.7. The lowest BCUT2D eigenvalue weighted by molar-refractivity contribution is 0.304. The zero-order valence-electron chi connectivity index (χ0n) is 10.4. The van der Waals surface area contributed by atoms with Gasteiger partial charge in [-0.2, -0.15) is 5.10 Å². The van der Waals surface area contributed by atoms with Gasteiger partial charge in [0.1, 0.15) is 12.4 Å². The summed E-state index contributed by atoms with van der Waals surface area (Å²) in [4.78, 5) is 0. The number of hydrogen-bond donors (Lipinski definition) is 0. The first-order chi connectivity index (χ1) is 9.13. The van der Waals surface area contributed by atoms with Gasteiger partial charge < -0.3 is 4.74 Å². The highest BCUT2D eigenvalue weighted by Crippen LogP contribution is 2.34. The number of halogens is 3. The Balaban J connectivity index is 2.14. The van der Waals surface area contributed by atoms with Crippen LogP contribution in [0.3, 0.4) is 0 Å². The van der Waals surface area contributed by atoms with Crippen LogP contribution in [0.5, 0.6) is 5.75 Å². The van der Waals surface area contributed by atoms with Crippen molar-refractivity contribution in [2.75, 3.05) is 0 Å². The van der Waals surface area contributed by atoms with Crippen molar-refractivity contribution < 1.29 is 4.74 Å². The molecule has 3 nitrogen and oxygen atoms in total. The van der Waals surface area contributed by atoms with Crippen LogP contribution in [0.25, 0.3) is 0 Å². The molecular weight excluding hydrogens is 351 g/mol. The van der Waals surface area contributed by atoms with Crippen LogP contribution >= 0.6 is 39.1 Å². The summed E-state index contributed by atoms with van der Waals surface area (Å²) in [5.74, 6) is 0.659. The fourth-order valence-electron chi connectivity index (χ4n) is 1.68. The third-order valence-electron chi connectivity index (χ3n) is 2.62. The van der Waals surface area contributed by atoms with Gasteiger partial charge in [-0.1, -0.05) is 39.1 Å². The average molecular weight is 364 g/mol. The third-order valence-corrected chi connectivity index (χ3v) is 3.73. The molecule has 102 valence electrons. The van der Waals surface area contributed by atoms with Crippen molar-refractivity contribution in [2.45, 2.75) is 25.4 Å². The lowest BCUT2D eigenvalue weighted by Crippen LogP contribution is -1.98. The van der Waals surface area contributed by atoms with Crippen LogP contribution in [0.4, 0.5) is 0 Å². The SMILES string of the molecule is CCn1cc(COc2c(Cl)cc(Cl)cc2CBr)cn1. The van der Waals surface area contributed by atoms with E-state index in [2.05, 4.69) is 21.0 Å². The fraction of sp³-hybridized carbons (Fsp3) is 0.308. The van der Waals surface area contributed by atoms with Crippen LogP contribution in [-0.4, -0.2) is 9.78 Å². The van der Waals surface area contributed by atoms with Crippen LogP contribution in [0.2, 0.25) is 10.0 Å². The van der Waals surface area contributed by atoms with Crippen LogP contribution in [0.1, 0.15) is 18.1 Å². The highest BCUT2D eigenvalue weighted by Gasteiger charge is 2.10. The molecular formula is C13H13BrCl2N2O. The van der Waals surface area contributed by atoms with Gasteiger partial charge in [0.25, 0.3) is 0 Å². The Labute approximate surface area is 130 Å². The van der Waals surface area contributed by atoms with E-state index in [1.165, 1.54) is 0 Å². The lowest BCUT2D eigenvalue weighted by Gasteiger charge is -2.11. The quantitative estimate of drug-likeness (QED) is 0.721. The topological polar surface area (TPSA) is 27.1 Å². The maximum absolute atomic E-state index is 6.16. The first kappa shape index (κ1) is 14.7. The van der Waals surface area contributed by atoms with E-state index in [1.54, 1.807) is 12.3 Å². The largest absolute Gasteiger partial charge is 0.487 e. The highest BCUT2D eigenvalue weighted by molar-refractivity contribution is 9.08. The molecule has 0 amide bonds. The first-order valence-corrected chi connectivity index (χ1v) is 7.69. The van der Waals surface area contributed by atoms with Gasteiger partial charge in [0, 0.05) is 34.2 Å². The first-order valence-electron chi connectivity index (χ1n) is 5.82. The second-order valence-corrected chi connectivity index (χ2v) is 5.41.